The van der Waals surface area contributed by atoms with E-state index in [1.807, 2.05) is 30.9 Å². The van der Waals surface area contributed by atoms with E-state index in [0.29, 0.717) is 0 Å². The van der Waals surface area contributed by atoms with E-state index in [4.69, 9.17) is 4.98 Å². The number of nitrogens with zero attached hydrogens (tertiary/aromatic N) is 7. The van der Waals surface area contributed by atoms with Crippen molar-refractivity contribution in [1.29, 1.82) is 0 Å². The van der Waals surface area contributed by atoms with E-state index in [-0.39, 0.29) is 0 Å². The summed E-state index contributed by atoms with van der Waals surface area (Å²) in [5, 5.41) is 0. The van der Waals surface area contributed by atoms with Gasteiger partial charge in [0.15, 0.2) is 0 Å². The van der Waals surface area contributed by atoms with Crippen LogP contribution in [0, 0.1) is 0 Å². The first-order chi connectivity index (χ1) is 12.8. The summed E-state index contributed by atoms with van der Waals surface area (Å²) in [4.78, 5) is 21.9. The Morgan fingerprint density at radius 3 is 2.69 bits per heavy atom. The molecule has 134 valence electrons. The van der Waals surface area contributed by atoms with Crippen LogP contribution in [0.5, 0.6) is 0 Å². The minimum atomic E-state index is 0.816. The van der Waals surface area contributed by atoms with E-state index >= 15 is 0 Å². The fourth-order valence-electron chi connectivity index (χ4n) is 3.38. The molecule has 0 amide bonds. The van der Waals surface area contributed by atoms with Crippen LogP contribution < -0.4 is 0 Å². The SMILES string of the molecule is CN(Cc1cncnc1)Cc1cn2c(n1)CN(Cc1cccnc1)CC2. The van der Waals surface area contributed by atoms with Crippen molar-refractivity contribution in [3.8, 4) is 0 Å². The monoisotopic (exact) mass is 349 g/mol. The number of pyridine rings is 1. The highest BCUT2D eigenvalue weighted by Crippen LogP contribution is 2.16. The van der Waals surface area contributed by atoms with Gasteiger partial charge >= 0.3 is 0 Å². The minimum absolute atomic E-state index is 0.816. The quantitative estimate of drug-likeness (QED) is 0.675. The largest absolute Gasteiger partial charge is 0.332 e. The highest BCUT2D eigenvalue weighted by Gasteiger charge is 2.19. The van der Waals surface area contributed by atoms with Crippen LogP contribution in [0.4, 0.5) is 0 Å². The van der Waals surface area contributed by atoms with Crippen molar-refractivity contribution in [3.63, 3.8) is 0 Å². The Bertz CT molecular complexity index is 832. The standard InChI is InChI=1S/C19H23N7/c1-24(10-17-8-21-15-22-9-17)12-18-13-26-6-5-25(14-19(26)23-18)11-16-3-2-4-20-7-16/h2-4,7-9,13,15H,5-6,10-12,14H2,1H3. The first-order valence-corrected chi connectivity index (χ1v) is 8.85. The average molecular weight is 349 g/mol. The fourth-order valence-corrected chi connectivity index (χ4v) is 3.38. The maximum absolute atomic E-state index is 4.86. The fraction of sp³-hybridized carbons (Fsp3) is 0.368. The predicted molar refractivity (Wildman–Crippen MR) is 97.8 cm³/mol. The highest BCUT2D eigenvalue weighted by atomic mass is 15.2. The molecule has 0 spiro atoms. The number of aromatic nitrogens is 5. The van der Waals surface area contributed by atoms with Gasteiger partial charge in [0.05, 0.1) is 12.2 Å². The molecule has 0 atom stereocenters. The molecule has 0 bridgehead atoms. The van der Waals surface area contributed by atoms with Gasteiger partial charge in [-0.1, -0.05) is 6.07 Å². The lowest BCUT2D eigenvalue weighted by molar-refractivity contribution is 0.208. The molecular weight excluding hydrogens is 326 g/mol. The Kier molecular flexibility index (Phi) is 4.99. The number of fused-ring (bicyclic) bond motifs is 1. The van der Waals surface area contributed by atoms with Crippen LogP contribution in [0.15, 0.2) is 49.4 Å². The van der Waals surface area contributed by atoms with E-state index in [2.05, 4.69) is 48.6 Å². The summed E-state index contributed by atoms with van der Waals surface area (Å²) in [6.45, 7) is 5.45. The van der Waals surface area contributed by atoms with E-state index in [9.17, 15) is 0 Å². The van der Waals surface area contributed by atoms with Gasteiger partial charge in [-0.3, -0.25) is 14.8 Å². The number of hydrogen-bond donors (Lipinski definition) is 0. The Balaban J connectivity index is 1.36. The topological polar surface area (TPSA) is 63.0 Å². The van der Waals surface area contributed by atoms with Gasteiger partial charge in [-0.15, -0.1) is 0 Å². The van der Waals surface area contributed by atoms with Crippen molar-refractivity contribution in [2.75, 3.05) is 13.6 Å². The van der Waals surface area contributed by atoms with Crippen LogP contribution in [0.25, 0.3) is 0 Å². The molecular formula is C19H23N7. The van der Waals surface area contributed by atoms with Crippen molar-refractivity contribution in [1.82, 2.24) is 34.3 Å². The second kappa shape index (κ2) is 7.72. The van der Waals surface area contributed by atoms with Crippen LogP contribution in [-0.2, 0) is 32.7 Å². The van der Waals surface area contributed by atoms with Crippen molar-refractivity contribution in [2.24, 2.45) is 0 Å². The van der Waals surface area contributed by atoms with Gasteiger partial charge in [0.25, 0.3) is 0 Å². The van der Waals surface area contributed by atoms with E-state index < -0.39 is 0 Å². The molecule has 1 aliphatic heterocycles. The first-order valence-electron chi connectivity index (χ1n) is 8.85. The molecule has 0 radical (unpaired) electrons. The van der Waals surface area contributed by atoms with Crippen LogP contribution >= 0.6 is 0 Å². The van der Waals surface area contributed by atoms with Crippen LogP contribution in [0.1, 0.15) is 22.6 Å². The third-order valence-corrected chi connectivity index (χ3v) is 4.56. The maximum atomic E-state index is 4.86. The van der Waals surface area contributed by atoms with Crippen molar-refractivity contribution >= 4 is 0 Å². The molecule has 0 aliphatic carbocycles. The Labute approximate surface area is 153 Å². The zero-order chi connectivity index (χ0) is 17.8. The summed E-state index contributed by atoms with van der Waals surface area (Å²) in [6.07, 6.45) is 11.2. The highest BCUT2D eigenvalue weighted by molar-refractivity contribution is 5.11. The molecule has 3 aromatic rings. The number of hydrogen-bond acceptors (Lipinski definition) is 6. The van der Waals surface area contributed by atoms with Gasteiger partial charge in [0.2, 0.25) is 0 Å². The normalized spacial score (nSPS) is 14.5. The molecule has 7 nitrogen and oxygen atoms in total. The molecule has 26 heavy (non-hydrogen) atoms. The van der Waals surface area contributed by atoms with Crippen molar-refractivity contribution in [3.05, 3.63) is 72.1 Å². The van der Waals surface area contributed by atoms with E-state index in [1.54, 1.807) is 6.33 Å². The van der Waals surface area contributed by atoms with Gasteiger partial charge in [-0.2, -0.15) is 0 Å². The lowest BCUT2D eigenvalue weighted by atomic mass is 10.2. The zero-order valence-corrected chi connectivity index (χ0v) is 15.0. The van der Waals surface area contributed by atoms with Gasteiger partial charge < -0.3 is 4.57 Å². The number of imidazole rings is 1. The molecule has 4 rings (SSSR count). The summed E-state index contributed by atoms with van der Waals surface area (Å²) in [5.41, 5.74) is 3.47. The molecule has 3 aromatic heterocycles. The van der Waals surface area contributed by atoms with Crippen molar-refractivity contribution < 1.29 is 0 Å². The lowest BCUT2D eigenvalue weighted by Gasteiger charge is -2.27. The summed E-state index contributed by atoms with van der Waals surface area (Å²) in [6, 6.07) is 4.12. The second-order valence-corrected chi connectivity index (χ2v) is 6.83. The average Bonchev–Trinajstić information content (AvgIpc) is 3.04. The van der Waals surface area contributed by atoms with E-state index in [0.717, 1.165) is 56.4 Å². The molecule has 0 aromatic carbocycles. The third-order valence-electron chi connectivity index (χ3n) is 4.56. The smallest absolute Gasteiger partial charge is 0.123 e. The Morgan fingerprint density at radius 2 is 1.88 bits per heavy atom. The predicted octanol–water partition coefficient (Wildman–Crippen LogP) is 1.72. The zero-order valence-electron chi connectivity index (χ0n) is 15.0. The Morgan fingerprint density at radius 1 is 1.04 bits per heavy atom. The molecule has 0 saturated heterocycles. The van der Waals surface area contributed by atoms with Crippen molar-refractivity contribution in [2.45, 2.75) is 32.7 Å². The maximum Gasteiger partial charge on any atom is 0.123 e. The first kappa shape index (κ1) is 16.8. The molecule has 0 saturated carbocycles. The van der Waals surface area contributed by atoms with Crippen LogP contribution in [-0.4, -0.2) is 47.9 Å². The molecule has 0 fully saturated rings. The number of rotatable bonds is 6. The molecule has 0 unspecified atom stereocenters. The lowest BCUT2D eigenvalue weighted by Crippen LogP contribution is -2.33. The Hall–Kier alpha value is -2.64. The van der Waals surface area contributed by atoms with E-state index in [1.165, 1.54) is 5.56 Å². The van der Waals surface area contributed by atoms with Crippen LogP contribution in [0.2, 0.25) is 0 Å². The summed E-state index contributed by atoms with van der Waals surface area (Å²) >= 11 is 0. The second-order valence-electron chi connectivity index (χ2n) is 6.83. The third kappa shape index (κ3) is 4.12. The van der Waals surface area contributed by atoms with Gasteiger partial charge in [0, 0.05) is 69.3 Å². The molecule has 4 heterocycles. The van der Waals surface area contributed by atoms with Crippen LogP contribution in [0.3, 0.4) is 0 Å². The van der Waals surface area contributed by atoms with Gasteiger partial charge in [-0.25, -0.2) is 15.0 Å². The molecule has 7 heteroatoms. The molecule has 0 N–H and O–H groups in total. The summed E-state index contributed by atoms with van der Waals surface area (Å²) in [7, 11) is 2.10. The van der Waals surface area contributed by atoms with Gasteiger partial charge in [-0.05, 0) is 18.7 Å². The minimum Gasteiger partial charge on any atom is -0.332 e. The summed E-state index contributed by atoms with van der Waals surface area (Å²) in [5.74, 6) is 1.14. The summed E-state index contributed by atoms with van der Waals surface area (Å²) < 4.78 is 2.29. The molecule has 1 aliphatic rings. The van der Waals surface area contributed by atoms with Gasteiger partial charge in [0.1, 0.15) is 12.2 Å².